The van der Waals surface area contributed by atoms with Gasteiger partial charge in [-0.25, -0.2) is 4.98 Å². The second-order valence-corrected chi connectivity index (χ2v) is 8.79. The summed E-state index contributed by atoms with van der Waals surface area (Å²) >= 11 is 1.34. The largest absolute Gasteiger partial charge is 0.349 e. The molecule has 3 aromatic rings. The van der Waals surface area contributed by atoms with Crippen molar-refractivity contribution >= 4 is 28.6 Å². The molecule has 0 bridgehead atoms. The predicted octanol–water partition coefficient (Wildman–Crippen LogP) is 4.65. The van der Waals surface area contributed by atoms with Crippen LogP contribution in [-0.2, 0) is 11.2 Å². The highest BCUT2D eigenvalue weighted by Gasteiger charge is 2.22. The van der Waals surface area contributed by atoms with E-state index >= 15 is 0 Å². The molecule has 0 fully saturated rings. The van der Waals surface area contributed by atoms with E-state index in [1.807, 2.05) is 44.2 Å². The lowest BCUT2D eigenvalue weighted by atomic mass is 9.88. The van der Waals surface area contributed by atoms with Gasteiger partial charge < -0.3 is 5.32 Å². The minimum atomic E-state index is -0.0425. The molecule has 0 radical (unpaired) electrons. The number of carbonyl (C=O) groups is 1. The Labute approximate surface area is 180 Å². The molecule has 1 aliphatic rings. The number of rotatable bonds is 6. The molecule has 2 aromatic carbocycles. The van der Waals surface area contributed by atoms with Gasteiger partial charge >= 0.3 is 0 Å². The number of fused-ring (bicyclic) bond motifs is 2. The van der Waals surface area contributed by atoms with Crippen molar-refractivity contribution in [1.82, 2.24) is 14.9 Å². The third-order valence-electron chi connectivity index (χ3n) is 5.84. The summed E-state index contributed by atoms with van der Waals surface area (Å²) in [6, 6.07) is 15.8. The number of thioether (sulfide) groups is 1. The summed E-state index contributed by atoms with van der Waals surface area (Å²) in [7, 11) is 0. The molecule has 1 heterocycles. The maximum Gasteiger partial charge on any atom is 0.262 e. The van der Waals surface area contributed by atoms with Gasteiger partial charge in [-0.05, 0) is 55.9 Å². The van der Waals surface area contributed by atoms with E-state index in [9.17, 15) is 9.59 Å². The minimum absolute atomic E-state index is 0.0189. The third kappa shape index (κ3) is 4.15. The first-order valence-electron chi connectivity index (χ1n) is 10.6. The maximum atomic E-state index is 13.1. The Kier molecular flexibility index (Phi) is 6.23. The number of carbonyl (C=O) groups excluding carboxylic acids is 1. The van der Waals surface area contributed by atoms with Crippen molar-refractivity contribution < 1.29 is 4.79 Å². The van der Waals surface area contributed by atoms with Crippen LogP contribution in [0.1, 0.15) is 56.3 Å². The van der Waals surface area contributed by atoms with Crippen LogP contribution in [0.5, 0.6) is 0 Å². The summed E-state index contributed by atoms with van der Waals surface area (Å²) in [5, 5.41) is 4.40. The number of para-hydroxylation sites is 1. The number of nitrogens with one attached hydrogen (secondary N) is 1. The molecule has 1 N–H and O–H groups in total. The lowest BCUT2D eigenvalue weighted by molar-refractivity contribution is -0.119. The highest BCUT2D eigenvalue weighted by molar-refractivity contribution is 7.99. The molecule has 2 atom stereocenters. The first kappa shape index (κ1) is 20.7. The molecule has 0 saturated heterocycles. The molecule has 1 aliphatic carbocycles. The standard InChI is InChI=1S/C24H27N3O2S/c1-3-16(2)27-23(29)19-12-6-7-13-21(19)26-24(27)30-15-22(28)25-20-14-8-10-17-9-4-5-11-18(17)20/h4-7,9,11-13,16,20H,3,8,10,14-15H2,1-2H3,(H,25,28)/t16-,20-/m1/s1. The molecule has 0 saturated carbocycles. The lowest BCUT2D eigenvalue weighted by Crippen LogP contribution is -2.32. The van der Waals surface area contributed by atoms with E-state index in [1.165, 1.54) is 22.9 Å². The predicted molar refractivity (Wildman–Crippen MR) is 122 cm³/mol. The Hall–Kier alpha value is -2.60. The molecule has 1 amide bonds. The minimum Gasteiger partial charge on any atom is -0.349 e. The zero-order valence-electron chi connectivity index (χ0n) is 17.4. The molecule has 6 heteroatoms. The summed E-state index contributed by atoms with van der Waals surface area (Å²) in [4.78, 5) is 30.5. The summed E-state index contributed by atoms with van der Waals surface area (Å²) in [5.74, 6) is 0.208. The van der Waals surface area contributed by atoms with Gasteiger partial charge in [0.25, 0.3) is 5.56 Å². The van der Waals surface area contributed by atoms with Crippen molar-refractivity contribution in [2.75, 3.05) is 5.75 Å². The number of hydrogen-bond donors (Lipinski definition) is 1. The Morgan fingerprint density at radius 2 is 2.00 bits per heavy atom. The Bertz CT molecular complexity index is 1120. The molecule has 1 aromatic heterocycles. The van der Waals surface area contributed by atoms with E-state index in [-0.39, 0.29) is 29.3 Å². The van der Waals surface area contributed by atoms with Gasteiger partial charge in [0.05, 0.1) is 22.7 Å². The van der Waals surface area contributed by atoms with Crippen LogP contribution in [0.25, 0.3) is 10.9 Å². The van der Waals surface area contributed by atoms with Gasteiger partial charge in [0.1, 0.15) is 0 Å². The number of benzene rings is 2. The van der Waals surface area contributed by atoms with Gasteiger partial charge in [0.15, 0.2) is 5.16 Å². The van der Waals surface area contributed by atoms with Crippen molar-refractivity contribution in [3.8, 4) is 0 Å². The molecule has 0 aliphatic heterocycles. The maximum absolute atomic E-state index is 13.1. The van der Waals surface area contributed by atoms with Crippen LogP contribution < -0.4 is 10.9 Å². The molecular formula is C24H27N3O2S. The topological polar surface area (TPSA) is 64.0 Å². The van der Waals surface area contributed by atoms with Crippen LogP contribution >= 0.6 is 11.8 Å². The van der Waals surface area contributed by atoms with Crippen molar-refractivity contribution in [3.05, 3.63) is 70.0 Å². The quantitative estimate of drug-likeness (QED) is 0.465. The summed E-state index contributed by atoms with van der Waals surface area (Å²) in [6.45, 7) is 4.06. The zero-order valence-corrected chi connectivity index (χ0v) is 18.2. The van der Waals surface area contributed by atoms with Crippen molar-refractivity contribution in [2.45, 2.75) is 56.8 Å². The number of hydrogen-bond acceptors (Lipinski definition) is 4. The number of amides is 1. The Morgan fingerprint density at radius 1 is 1.23 bits per heavy atom. The highest BCUT2D eigenvalue weighted by atomic mass is 32.2. The smallest absolute Gasteiger partial charge is 0.262 e. The lowest BCUT2D eigenvalue weighted by Gasteiger charge is -2.26. The van der Waals surface area contributed by atoms with E-state index in [2.05, 4.69) is 23.5 Å². The Balaban J connectivity index is 1.54. The number of aromatic nitrogens is 2. The zero-order chi connectivity index (χ0) is 21.1. The van der Waals surface area contributed by atoms with E-state index < -0.39 is 0 Å². The molecular weight excluding hydrogens is 394 g/mol. The molecule has 5 nitrogen and oxygen atoms in total. The summed E-state index contributed by atoms with van der Waals surface area (Å²) in [6.07, 6.45) is 3.92. The molecule has 4 rings (SSSR count). The van der Waals surface area contributed by atoms with Gasteiger partial charge in [-0.1, -0.05) is 55.1 Å². The molecule has 0 spiro atoms. The van der Waals surface area contributed by atoms with Gasteiger partial charge in [-0.2, -0.15) is 0 Å². The Morgan fingerprint density at radius 3 is 2.83 bits per heavy atom. The van der Waals surface area contributed by atoms with Gasteiger partial charge in [-0.3, -0.25) is 14.2 Å². The van der Waals surface area contributed by atoms with E-state index in [1.54, 1.807) is 4.57 Å². The highest BCUT2D eigenvalue weighted by Crippen LogP contribution is 2.30. The van der Waals surface area contributed by atoms with E-state index in [0.717, 1.165) is 25.7 Å². The monoisotopic (exact) mass is 421 g/mol. The average molecular weight is 422 g/mol. The normalized spacial score (nSPS) is 16.8. The fourth-order valence-corrected chi connectivity index (χ4v) is 4.98. The van der Waals surface area contributed by atoms with Gasteiger partial charge in [0.2, 0.25) is 5.91 Å². The van der Waals surface area contributed by atoms with E-state index in [0.29, 0.717) is 16.1 Å². The second kappa shape index (κ2) is 9.04. The molecule has 156 valence electrons. The first-order chi connectivity index (χ1) is 14.6. The van der Waals surface area contributed by atoms with E-state index in [4.69, 9.17) is 4.98 Å². The average Bonchev–Trinajstić information content (AvgIpc) is 2.77. The van der Waals surface area contributed by atoms with Crippen LogP contribution in [0.2, 0.25) is 0 Å². The number of aryl methyl sites for hydroxylation is 1. The molecule has 30 heavy (non-hydrogen) atoms. The van der Waals surface area contributed by atoms with Crippen LogP contribution in [0.15, 0.2) is 58.5 Å². The summed E-state index contributed by atoms with van der Waals surface area (Å²) in [5.41, 5.74) is 3.18. The van der Waals surface area contributed by atoms with Crippen LogP contribution in [0.3, 0.4) is 0 Å². The van der Waals surface area contributed by atoms with Gasteiger partial charge in [-0.15, -0.1) is 0 Å². The van der Waals surface area contributed by atoms with Crippen LogP contribution in [0, 0.1) is 0 Å². The number of nitrogens with zero attached hydrogens (tertiary/aromatic N) is 2. The summed E-state index contributed by atoms with van der Waals surface area (Å²) < 4.78 is 1.73. The molecule has 0 unspecified atom stereocenters. The van der Waals surface area contributed by atoms with Crippen LogP contribution in [-0.4, -0.2) is 21.2 Å². The van der Waals surface area contributed by atoms with Crippen molar-refractivity contribution in [2.24, 2.45) is 0 Å². The first-order valence-corrected chi connectivity index (χ1v) is 11.6. The van der Waals surface area contributed by atoms with Gasteiger partial charge in [0, 0.05) is 6.04 Å². The fraction of sp³-hybridized carbons (Fsp3) is 0.375. The second-order valence-electron chi connectivity index (χ2n) is 7.84. The van der Waals surface area contributed by atoms with Crippen molar-refractivity contribution in [3.63, 3.8) is 0 Å². The fourth-order valence-electron chi connectivity index (χ4n) is 4.07. The van der Waals surface area contributed by atoms with Crippen LogP contribution in [0.4, 0.5) is 0 Å². The third-order valence-corrected chi connectivity index (χ3v) is 6.80. The SMILES string of the molecule is CC[C@@H](C)n1c(SCC(=O)N[C@@H]2CCCc3ccccc32)nc2ccccc2c1=O. The van der Waals surface area contributed by atoms with Crippen molar-refractivity contribution in [1.29, 1.82) is 0 Å².